The Balaban J connectivity index is 3.42. The van der Waals surface area contributed by atoms with E-state index in [0.717, 1.165) is 0 Å². The smallest absolute Gasteiger partial charge is 0.340 e. The number of benzene rings is 1. The van der Waals surface area contributed by atoms with Crippen LogP contribution in [0.25, 0.3) is 16.5 Å². The first-order valence-corrected chi connectivity index (χ1v) is 5.76. The molecule has 0 fully saturated rings. The Labute approximate surface area is 121 Å². The van der Waals surface area contributed by atoms with Gasteiger partial charge in [0.1, 0.15) is 5.70 Å². The molecule has 0 heterocycles. The minimum absolute atomic E-state index is 0.186. The fourth-order valence-corrected chi connectivity index (χ4v) is 1.62. The maximum atomic E-state index is 11.5. The highest BCUT2D eigenvalue weighted by Gasteiger charge is 2.14. The fourth-order valence-electron chi connectivity index (χ4n) is 1.62. The van der Waals surface area contributed by atoms with E-state index in [1.165, 1.54) is 34.5 Å². The zero-order valence-corrected chi connectivity index (χ0v) is 12.1. The van der Waals surface area contributed by atoms with E-state index in [4.69, 9.17) is 19.7 Å². The number of nitrogens with zero attached hydrogens (tertiary/aromatic N) is 3. The zero-order valence-electron chi connectivity index (χ0n) is 12.1. The van der Waals surface area contributed by atoms with Crippen molar-refractivity contribution in [3.8, 4) is 17.2 Å². The highest BCUT2D eigenvalue weighted by molar-refractivity contribution is 5.93. The summed E-state index contributed by atoms with van der Waals surface area (Å²) in [6, 6.07) is 3.22. The van der Waals surface area contributed by atoms with Crippen LogP contribution in [0.3, 0.4) is 0 Å². The molecule has 0 aliphatic heterocycles. The Morgan fingerprint density at radius 3 is 2.10 bits per heavy atom. The lowest BCUT2D eigenvalue weighted by Gasteiger charge is -2.13. The molecule has 0 bridgehead atoms. The van der Waals surface area contributed by atoms with Gasteiger partial charge in [0.2, 0.25) is 5.75 Å². The predicted octanol–water partition coefficient (Wildman–Crippen LogP) is 2.54. The number of hydrogen-bond donors (Lipinski definition) is 0. The number of carbonyl (C=O) groups excluding carboxylic acids is 1. The number of ether oxygens (including phenoxy) is 4. The van der Waals surface area contributed by atoms with Crippen molar-refractivity contribution >= 4 is 12.0 Å². The Kier molecular flexibility index (Phi) is 5.91. The van der Waals surface area contributed by atoms with Crippen molar-refractivity contribution in [3.05, 3.63) is 33.8 Å². The van der Waals surface area contributed by atoms with Gasteiger partial charge in [0, 0.05) is 4.91 Å². The normalized spacial score (nSPS) is 10.4. The molecule has 1 aromatic carbocycles. The van der Waals surface area contributed by atoms with Crippen LogP contribution in [0.5, 0.6) is 17.2 Å². The van der Waals surface area contributed by atoms with Crippen LogP contribution >= 0.6 is 0 Å². The van der Waals surface area contributed by atoms with Gasteiger partial charge < -0.3 is 18.9 Å². The molecule has 21 heavy (non-hydrogen) atoms. The summed E-state index contributed by atoms with van der Waals surface area (Å²) in [5, 5.41) is 3.30. The standard InChI is InChI=1S/C13H15N3O5/c1-18-10-6-8(7-11(19-2)12(10)20-3)5-9(15-16-14)13(17)21-4/h5-7H,1-4H3/b9-5+. The first-order valence-electron chi connectivity index (χ1n) is 5.76. The summed E-state index contributed by atoms with van der Waals surface area (Å²) in [6.45, 7) is 0. The molecule has 8 heteroatoms. The molecule has 8 nitrogen and oxygen atoms in total. The Hall–Kier alpha value is -2.86. The maximum absolute atomic E-state index is 11.5. The van der Waals surface area contributed by atoms with E-state index in [0.29, 0.717) is 22.8 Å². The molecule has 0 saturated carbocycles. The lowest BCUT2D eigenvalue weighted by Crippen LogP contribution is -2.02. The number of hydrogen-bond acceptors (Lipinski definition) is 6. The monoisotopic (exact) mass is 293 g/mol. The molecule has 1 rings (SSSR count). The summed E-state index contributed by atoms with van der Waals surface area (Å²) < 4.78 is 20.1. The van der Waals surface area contributed by atoms with E-state index >= 15 is 0 Å². The van der Waals surface area contributed by atoms with Gasteiger partial charge in [0.25, 0.3) is 0 Å². The first kappa shape index (κ1) is 16.2. The second-order valence-electron chi connectivity index (χ2n) is 3.67. The summed E-state index contributed by atoms with van der Waals surface area (Å²) in [7, 11) is 5.62. The second-order valence-corrected chi connectivity index (χ2v) is 3.67. The van der Waals surface area contributed by atoms with Gasteiger partial charge in [0.05, 0.1) is 28.4 Å². The highest BCUT2D eigenvalue weighted by Crippen LogP contribution is 2.38. The van der Waals surface area contributed by atoms with Crippen LogP contribution in [-0.4, -0.2) is 34.4 Å². The van der Waals surface area contributed by atoms with Crippen LogP contribution in [0.2, 0.25) is 0 Å². The fraction of sp³-hybridized carbons (Fsp3) is 0.308. The maximum Gasteiger partial charge on any atom is 0.340 e. The van der Waals surface area contributed by atoms with Crippen molar-refractivity contribution in [2.45, 2.75) is 0 Å². The van der Waals surface area contributed by atoms with E-state index in [2.05, 4.69) is 14.8 Å². The molecule has 1 aromatic rings. The van der Waals surface area contributed by atoms with Crippen molar-refractivity contribution in [2.75, 3.05) is 28.4 Å². The van der Waals surface area contributed by atoms with E-state index in [1.54, 1.807) is 12.1 Å². The Morgan fingerprint density at radius 2 is 1.71 bits per heavy atom. The molecular weight excluding hydrogens is 278 g/mol. The van der Waals surface area contributed by atoms with Crippen LogP contribution in [0.1, 0.15) is 5.56 Å². The summed E-state index contributed by atoms with van der Waals surface area (Å²) in [5.74, 6) is 0.489. The van der Waals surface area contributed by atoms with E-state index < -0.39 is 5.97 Å². The second kappa shape index (κ2) is 7.66. The van der Waals surface area contributed by atoms with Gasteiger partial charge in [0.15, 0.2) is 11.5 Å². The topological polar surface area (TPSA) is 103 Å². The van der Waals surface area contributed by atoms with Crippen LogP contribution < -0.4 is 14.2 Å². The lowest BCUT2D eigenvalue weighted by atomic mass is 10.1. The molecule has 0 saturated heterocycles. The summed E-state index contributed by atoms with van der Waals surface area (Å²) in [5.41, 5.74) is 8.82. The average molecular weight is 293 g/mol. The SMILES string of the molecule is COC(=O)/C(=C\c1cc(OC)c(OC)c(OC)c1)N=[N+]=[N-]. The Bertz CT molecular complexity index is 581. The van der Waals surface area contributed by atoms with E-state index in [1.807, 2.05) is 0 Å². The quantitative estimate of drug-likeness (QED) is 0.263. The van der Waals surface area contributed by atoms with E-state index in [-0.39, 0.29) is 5.70 Å². The summed E-state index contributed by atoms with van der Waals surface area (Å²) in [6.07, 6.45) is 1.36. The third-order valence-corrected chi connectivity index (χ3v) is 2.54. The van der Waals surface area contributed by atoms with Crippen LogP contribution in [0, 0.1) is 0 Å². The number of rotatable bonds is 6. The molecule has 0 aromatic heterocycles. The van der Waals surface area contributed by atoms with Gasteiger partial charge in [-0.3, -0.25) is 0 Å². The molecule has 112 valence electrons. The molecule has 0 aliphatic rings. The molecule has 0 radical (unpaired) electrons. The van der Waals surface area contributed by atoms with Crippen LogP contribution in [0.15, 0.2) is 22.9 Å². The first-order chi connectivity index (χ1) is 10.1. The molecule has 0 N–H and O–H groups in total. The van der Waals surface area contributed by atoms with Crippen molar-refractivity contribution in [2.24, 2.45) is 5.11 Å². The van der Waals surface area contributed by atoms with Gasteiger partial charge in [-0.1, -0.05) is 5.11 Å². The van der Waals surface area contributed by atoms with Crippen LogP contribution in [0.4, 0.5) is 0 Å². The third-order valence-electron chi connectivity index (χ3n) is 2.54. The van der Waals surface area contributed by atoms with Gasteiger partial charge in [-0.15, -0.1) is 0 Å². The number of esters is 1. The Morgan fingerprint density at radius 1 is 1.14 bits per heavy atom. The van der Waals surface area contributed by atoms with E-state index in [9.17, 15) is 4.79 Å². The molecule has 0 unspecified atom stereocenters. The van der Waals surface area contributed by atoms with Crippen molar-refractivity contribution in [1.29, 1.82) is 0 Å². The molecule has 0 spiro atoms. The minimum Gasteiger partial charge on any atom is -0.493 e. The number of carbonyl (C=O) groups is 1. The van der Waals surface area contributed by atoms with Gasteiger partial charge in [-0.2, -0.15) is 0 Å². The summed E-state index contributed by atoms with van der Waals surface area (Å²) in [4.78, 5) is 14.1. The van der Waals surface area contributed by atoms with Gasteiger partial charge >= 0.3 is 5.97 Å². The van der Waals surface area contributed by atoms with Gasteiger partial charge in [-0.25, -0.2) is 4.79 Å². The molecular formula is C13H15N3O5. The molecule has 0 atom stereocenters. The third kappa shape index (κ3) is 3.80. The predicted molar refractivity (Wildman–Crippen MR) is 75.2 cm³/mol. The lowest BCUT2D eigenvalue weighted by molar-refractivity contribution is -0.136. The number of azide groups is 1. The highest BCUT2D eigenvalue weighted by atomic mass is 16.5. The largest absolute Gasteiger partial charge is 0.493 e. The van der Waals surface area contributed by atoms with Crippen LogP contribution in [-0.2, 0) is 9.53 Å². The minimum atomic E-state index is -0.749. The zero-order chi connectivity index (χ0) is 15.8. The summed E-state index contributed by atoms with van der Waals surface area (Å²) >= 11 is 0. The average Bonchev–Trinajstić information content (AvgIpc) is 2.52. The van der Waals surface area contributed by atoms with Gasteiger partial charge in [-0.05, 0) is 29.3 Å². The molecule has 0 aliphatic carbocycles. The molecule has 0 amide bonds. The van der Waals surface area contributed by atoms with Crippen molar-refractivity contribution in [3.63, 3.8) is 0 Å². The number of methoxy groups -OCH3 is 4. The van der Waals surface area contributed by atoms with Crippen molar-refractivity contribution in [1.82, 2.24) is 0 Å². The van der Waals surface area contributed by atoms with Crippen molar-refractivity contribution < 1.29 is 23.7 Å².